The van der Waals surface area contributed by atoms with E-state index in [9.17, 15) is 9.90 Å². The number of carbonyl (C=O) groups excluding carboxylic acids is 1. The molecule has 0 saturated heterocycles. The number of fused-ring (bicyclic) bond motifs is 1. The molecule has 1 saturated carbocycles. The van der Waals surface area contributed by atoms with Gasteiger partial charge >= 0.3 is 6.09 Å². The Morgan fingerprint density at radius 1 is 1.35 bits per heavy atom. The Kier molecular flexibility index (Phi) is 5.57. The lowest BCUT2D eigenvalue weighted by atomic mass is 10.0. The summed E-state index contributed by atoms with van der Waals surface area (Å²) >= 11 is 0. The third-order valence-corrected chi connectivity index (χ3v) is 5.37. The zero-order valence-electron chi connectivity index (χ0n) is 18.2. The summed E-state index contributed by atoms with van der Waals surface area (Å²) in [4.78, 5) is 16.2. The topological polar surface area (TPSA) is 129 Å². The summed E-state index contributed by atoms with van der Waals surface area (Å²) in [6.45, 7) is 7.20. The van der Waals surface area contributed by atoms with Gasteiger partial charge in [0.05, 0.1) is 5.69 Å². The van der Waals surface area contributed by atoms with Gasteiger partial charge in [-0.2, -0.15) is 10.2 Å². The second-order valence-electron chi connectivity index (χ2n) is 8.86. The van der Waals surface area contributed by atoms with Gasteiger partial charge in [-0.15, -0.1) is 0 Å². The molecular weight excluding hydrogens is 398 g/mol. The number of alkyl carbamates (subject to hydrolysis) is 1. The molecule has 4 rings (SSSR count). The Hall–Kier alpha value is -3.14. The zero-order valence-corrected chi connectivity index (χ0v) is 18.2. The number of rotatable bonds is 6. The second kappa shape index (κ2) is 8.18. The first-order valence-electron chi connectivity index (χ1n) is 10.6. The van der Waals surface area contributed by atoms with Crippen LogP contribution in [-0.4, -0.2) is 48.1 Å². The summed E-state index contributed by atoms with van der Waals surface area (Å²) in [5, 5.41) is 28.1. The molecule has 0 spiro atoms. The Balaban J connectivity index is 1.43. The van der Waals surface area contributed by atoms with Crippen molar-refractivity contribution in [2.24, 2.45) is 0 Å². The molecule has 1 aliphatic rings. The number of H-pyrrole nitrogens is 1. The maximum Gasteiger partial charge on any atom is 0.407 e. The first-order valence-corrected chi connectivity index (χ1v) is 10.6. The lowest BCUT2D eigenvalue weighted by Crippen LogP contribution is -2.33. The van der Waals surface area contributed by atoms with Gasteiger partial charge in [-0.3, -0.25) is 5.10 Å². The number of aromatic amines is 1. The second-order valence-corrected chi connectivity index (χ2v) is 8.86. The van der Waals surface area contributed by atoms with E-state index in [1.807, 2.05) is 26.0 Å². The predicted molar refractivity (Wildman–Crippen MR) is 115 cm³/mol. The van der Waals surface area contributed by atoms with Crippen LogP contribution < -0.4 is 10.6 Å². The van der Waals surface area contributed by atoms with Crippen molar-refractivity contribution in [3.63, 3.8) is 0 Å². The molecule has 0 unspecified atom stereocenters. The first-order chi connectivity index (χ1) is 14.7. The van der Waals surface area contributed by atoms with Crippen molar-refractivity contribution in [1.82, 2.24) is 30.1 Å². The standard InChI is InChI=1S/C21H29N7O3/c1-12(2)23-20(29)31-14-6-5-13(9-14)15-10-18(26-25-15)24-19-16-11-17(21(3,4)30)27-28(16)8-7-22-19/h7-8,10-14,30H,5-6,9H2,1-4H3,(H,23,29)(H2,22,24,25,26)/t13-,14+/m0/s1. The van der Waals surface area contributed by atoms with Crippen LogP contribution in [0.2, 0.25) is 0 Å². The number of nitrogens with one attached hydrogen (secondary N) is 3. The van der Waals surface area contributed by atoms with Crippen molar-refractivity contribution in [1.29, 1.82) is 0 Å². The number of aromatic nitrogens is 5. The van der Waals surface area contributed by atoms with Crippen LogP contribution in [0, 0.1) is 0 Å². The van der Waals surface area contributed by atoms with Crippen LogP contribution in [0.15, 0.2) is 24.5 Å². The monoisotopic (exact) mass is 427 g/mol. The number of ether oxygens (including phenoxy) is 1. The van der Waals surface area contributed by atoms with Gasteiger partial charge < -0.3 is 20.5 Å². The van der Waals surface area contributed by atoms with Gasteiger partial charge in [-0.05, 0) is 53.0 Å². The van der Waals surface area contributed by atoms with Crippen LogP contribution in [-0.2, 0) is 10.3 Å². The van der Waals surface area contributed by atoms with Crippen LogP contribution in [0.25, 0.3) is 5.52 Å². The van der Waals surface area contributed by atoms with Crippen molar-refractivity contribution in [2.45, 2.75) is 70.6 Å². The molecule has 10 heteroatoms. The Bertz CT molecular complexity index is 1070. The van der Waals surface area contributed by atoms with Crippen molar-refractivity contribution in [3.8, 4) is 0 Å². The largest absolute Gasteiger partial charge is 0.446 e. The number of anilines is 2. The van der Waals surface area contributed by atoms with Gasteiger partial charge in [-0.1, -0.05) is 0 Å². The van der Waals surface area contributed by atoms with E-state index in [1.165, 1.54) is 0 Å². The number of amides is 1. The maximum atomic E-state index is 11.8. The number of nitrogens with zero attached hydrogens (tertiary/aromatic N) is 4. The first kappa shape index (κ1) is 21.1. The molecule has 2 atom stereocenters. The van der Waals surface area contributed by atoms with E-state index in [4.69, 9.17) is 4.74 Å². The SMILES string of the molecule is CC(C)NC(=O)O[C@@H]1CC[C@H](c2cc(Nc3nccn4nc(C(C)(C)O)cc34)n[nH]2)C1. The summed E-state index contributed by atoms with van der Waals surface area (Å²) in [5.41, 5.74) is 1.26. The van der Waals surface area contributed by atoms with Gasteiger partial charge in [0, 0.05) is 36.1 Å². The zero-order chi connectivity index (χ0) is 22.2. The Morgan fingerprint density at radius 2 is 2.16 bits per heavy atom. The fourth-order valence-corrected chi connectivity index (χ4v) is 3.80. The van der Waals surface area contributed by atoms with Crippen LogP contribution in [0.4, 0.5) is 16.4 Å². The molecule has 3 aromatic heterocycles. The molecule has 3 aromatic rings. The van der Waals surface area contributed by atoms with Gasteiger partial charge in [0.2, 0.25) is 0 Å². The summed E-state index contributed by atoms with van der Waals surface area (Å²) in [6, 6.07) is 3.82. The third kappa shape index (κ3) is 4.79. The van der Waals surface area contributed by atoms with E-state index >= 15 is 0 Å². The molecule has 3 heterocycles. The summed E-state index contributed by atoms with van der Waals surface area (Å²) in [7, 11) is 0. The number of hydrogen-bond acceptors (Lipinski definition) is 7. The highest BCUT2D eigenvalue weighted by Crippen LogP contribution is 2.36. The normalized spacial score (nSPS) is 19.2. The summed E-state index contributed by atoms with van der Waals surface area (Å²) in [5.74, 6) is 1.49. The number of hydrogen-bond donors (Lipinski definition) is 4. The highest BCUT2D eigenvalue weighted by Gasteiger charge is 2.30. The molecule has 0 aromatic carbocycles. The maximum absolute atomic E-state index is 11.8. The lowest BCUT2D eigenvalue weighted by Gasteiger charge is -2.14. The molecule has 0 bridgehead atoms. The van der Waals surface area contributed by atoms with Crippen LogP contribution in [0.1, 0.15) is 64.3 Å². The van der Waals surface area contributed by atoms with Crippen LogP contribution in [0.3, 0.4) is 0 Å². The molecule has 4 N–H and O–H groups in total. The fraction of sp³-hybridized carbons (Fsp3) is 0.524. The van der Waals surface area contributed by atoms with E-state index in [-0.39, 0.29) is 24.2 Å². The minimum Gasteiger partial charge on any atom is -0.446 e. The van der Waals surface area contributed by atoms with Gasteiger partial charge in [0.15, 0.2) is 11.6 Å². The van der Waals surface area contributed by atoms with E-state index in [0.29, 0.717) is 17.3 Å². The third-order valence-electron chi connectivity index (χ3n) is 5.37. The molecule has 1 fully saturated rings. The van der Waals surface area contributed by atoms with Gasteiger partial charge in [0.25, 0.3) is 0 Å². The highest BCUT2D eigenvalue weighted by molar-refractivity contribution is 5.72. The van der Waals surface area contributed by atoms with Crippen LogP contribution in [0.5, 0.6) is 0 Å². The molecule has 1 aliphatic carbocycles. The van der Waals surface area contributed by atoms with Gasteiger partial charge in [0.1, 0.15) is 17.2 Å². The van der Waals surface area contributed by atoms with E-state index in [0.717, 1.165) is 30.5 Å². The molecule has 31 heavy (non-hydrogen) atoms. The van der Waals surface area contributed by atoms with Crippen molar-refractivity contribution in [2.75, 3.05) is 5.32 Å². The summed E-state index contributed by atoms with van der Waals surface area (Å²) < 4.78 is 7.19. The lowest BCUT2D eigenvalue weighted by molar-refractivity contribution is 0.0735. The number of carbonyl (C=O) groups is 1. The smallest absolute Gasteiger partial charge is 0.407 e. The van der Waals surface area contributed by atoms with E-state index < -0.39 is 5.60 Å². The summed E-state index contributed by atoms with van der Waals surface area (Å²) in [6.07, 6.45) is 5.44. The van der Waals surface area contributed by atoms with Crippen molar-refractivity contribution < 1.29 is 14.6 Å². The predicted octanol–water partition coefficient (Wildman–Crippen LogP) is 3.19. The van der Waals surface area contributed by atoms with Crippen LogP contribution >= 0.6 is 0 Å². The fourth-order valence-electron chi connectivity index (χ4n) is 3.80. The average molecular weight is 428 g/mol. The van der Waals surface area contributed by atoms with Crippen molar-refractivity contribution >= 4 is 23.2 Å². The molecule has 0 aliphatic heterocycles. The number of aliphatic hydroxyl groups is 1. The minimum absolute atomic E-state index is 0.0549. The van der Waals surface area contributed by atoms with E-state index in [2.05, 4.69) is 30.9 Å². The quantitative estimate of drug-likeness (QED) is 0.475. The molecule has 0 radical (unpaired) electrons. The Labute approximate surface area is 180 Å². The Morgan fingerprint density at radius 3 is 2.90 bits per heavy atom. The molecule has 10 nitrogen and oxygen atoms in total. The molecular formula is C21H29N7O3. The average Bonchev–Trinajstić information content (AvgIpc) is 3.39. The van der Waals surface area contributed by atoms with Crippen molar-refractivity contribution in [3.05, 3.63) is 35.9 Å². The minimum atomic E-state index is -1.05. The van der Waals surface area contributed by atoms with E-state index in [1.54, 1.807) is 30.8 Å². The molecule has 166 valence electrons. The highest BCUT2D eigenvalue weighted by atomic mass is 16.6. The van der Waals surface area contributed by atoms with Gasteiger partial charge in [-0.25, -0.2) is 14.3 Å². The molecule has 1 amide bonds.